The molecule has 56 heavy (non-hydrogen) atoms. The van der Waals surface area contributed by atoms with Gasteiger partial charge in [-0.2, -0.15) is 0 Å². The molecule has 0 unspecified atom stereocenters. The minimum atomic E-state index is -0.903. The molecule has 5 aliphatic rings. The van der Waals surface area contributed by atoms with E-state index in [1.165, 1.54) is 30.4 Å². The molecule has 6 heteroatoms. The molecule has 0 aliphatic heterocycles. The summed E-state index contributed by atoms with van der Waals surface area (Å²) in [5.74, 6) is -1.01. The summed E-state index contributed by atoms with van der Waals surface area (Å²) >= 11 is 0. The Morgan fingerprint density at radius 3 is 2.43 bits per heavy atom. The number of rotatable bonds is 11. The zero-order valence-corrected chi connectivity index (χ0v) is 32.5. The number of hydrogen-bond donors (Lipinski definition) is 5. The minimum absolute atomic E-state index is 0.0761. The average Bonchev–Trinajstić information content (AvgIpc) is 3.67. The molecule has 0 radical (unpaired) electrons. The third-order valence-electron chi connectivity index (χ3n) is 14.4. The van der Waals surface area contributed by atoms with Crippen LogP contribution in [-0.2, 0) is 16.6 Å². The molecule has 8 rings (SSSR count). The van der Waals surface area contributed by atoms with Gasteiger partial charge in [-0.05, 0) is 126 Å². The summed E-state index contributed by atoms with van der Waals surface area (Å²) in [7, 11) is 0. The van der Waals surface area contributed by atoms with E-state index >= 15 is 0 Å². The van der Waals surface area contributed by atoms with E-state index in [-0.39, 0.29) is 48.6 Å². The van der Waals surface area contributed by atoms with Crippen LogP contribution in [0.15, 0.2) is 96.6 Å². The van der Waals surface area contributed by atoms with Crippen molar-refractivity contribution in [1.29, 1.82) is 0 Å². The number of carboxylic acid groups (broad SMARTS) is 1. The molecule has 1 saturated carbocycles. The molecule has 1 fully saturated rings. The largest absolute Gasteiger partial charge is 0.511 e. The van der Waals surface area contributed by atoms with Gasteiger partial charge in [-0.1, -0.05) is 117 Å². The lowest BCUT2D eigenvalue weighted by Gasteiger charge is -2.55. The molecule has 0 amide bonds. The second-order valence-corrected chi connectivity index (χ2v) is 17.5. The first kappa shape index (κ1) is 38.5. The number of hydrogen-bond acceptors (Lipinski definition) is 5. The number of carbonyl (C=O) groups is 1. The smallest absolute Gasteiger partial charge is 0.308 e. The number of allylic oxidation sites excluding steroid dienone is 3. The molecule has 6 nitrogen and oxygen atoms in total. The highest BCUT2D eigenvalue weighted by Gasteiger charge is 2.58. The lowest BCUT2D eigenvalue weighted by Crippen LogP contribution is -2.56. The van der Waals surface area contributed by atoms with Crippen LogP contribution < -0.4 is 10.4 Å². The van der Waals surface area contributed by atoms with Gasteiger partial charge in [0, 0.05) is 22.5 Å². The van der Waals surface area contributed by atoms with Gasteiger partial charge in [0.05, 0.1) is 19.1 Å². The van der Waals surface area contributed by atoms with Crippen LogP contribution in [0, 0.1) is 41.4 Å². The lowest BCUT2D eigenvalue weighted by atomic mass is 9.47. The Bertz CT molecular complexity index is 2110. The highest BCUT2D eigenvalue weighted by Crippen LogP contribution is 2.59. The molecule has 0 aromatic heterocycles. The van der Waals surface area contributed by atoms with Gasteiger partial charge in [-0.15, -0.1) is 0 Å². The monoisotopic (exact) mass is 754 g/mol. The number of fused-ring (bicyclic) bond motifs is 3. The Labute approximate surface area is 331 Å². The summed E-state index contributed by atoms with van der Waals surface area (Å²) in [6.45, 7) is -0.0889. The summed E-state index contributed by atoms with van der Waals surface area (Å²) in [6, 6.07) is 22.3. The van der Waals surface area contributed by atoms with Crippen molar-refractivity contribution in [1.82, 2.24) is 0 Å². The maximum atomic E-state index is 13.8. The maximum Gasteiger partial charge on any atom is 0.308 e. The van der Waals surface area contributed by atoms with Crippen LogP contribution in [0.25, 0.3) is 17.9 Å². The summed E-state index contributed by atoms with van der Waals surface area (Å²) in [4.78, 5) is 13.8. The summed E-state index contributed by atoms with van der Waals surface area (Å²) < 4.78 is 0. The van der Waals surface area contributed by atoms with Gasteiger partial charge in [0.2, 0.25) is 0 Å². The fraction of sp³-hybridized carbons (Fsp3) is 0.460. The van der Waals surface area contributed by atoms with E-state index in [4.69, 9.17) is 0 Å². The molecule has 1 spiro atoms. The van der Waals surface area contributed by atoms with Crippen LogP contribution in [0.1, 0.15) is 98.8 Å². The first-order valence-corrected chi connectivity index (χ1v) is 21.2. The number of phenolic OH excluding ortho intramolecular Hbond substituents is 1. The normalized spacial score (nSPS) is 30.5. The van der Waals surface area contributed by atoms with Crippen LogP contribution >= 0.6 is 0 Å². The van der Waals surface area contributed by atoms with E-state index in [0.717, 1.165) is 72.1 Å². The average molecular weight is 755 g/mol. The highest BCUT2D eigenvalue weighted by molar-refractivity contribution is 5.76. The van der Waals surface area contributed by atoms with Crippen LogP contribution in [0.3, 0.4) is 0 Å². The predicted molar refractivity (Wildman–Crippen MR) is 222 cm³/mol. The topological polar surface area (TPSA) is 118 Å². The lowest BCUT2D eigenvalue weighted by molar-refractivity contribution is -0.149. The second kappa shape index (κ2) is 16.6. The number of aliphatic hydroxyl groups excluding tert-OH is 3. The number of unbranched alkanes of at least 4 members (excludes halogenated alkanes) is 3. The Kier molecular flexibility index (Phi) is 11.4. The quantitative estimate of drug-likeness (QED) is 0.0993. The first-order chi connectivity index (χ1) is 27.3. The zero-order valence-electron chi connectivity index (χ0n) is 32.5. The van der Waals surface area contributed by atoms with Crippen LogP contribution in [0.4, 0.5) is 0 Å². The van der Waals surface area contributed by atoms with Crippen LogP contribution in [0.2, 0.25) is 0 Å². The molecule has 0 heterocycles. The van der Waals surface area contributed by atoms with Crippen molar-refractivity contribution in [3.05, 3.63) is 129 Å². The molecular formula is C50H58O6. The van der Waals surface area contributed by atoms with Gasteiger partial charge in [-0.25, -0.2) is 0 Å². The van der Waals surface area contributed by atoms with Crippen LogP contribution in [0.5, 0.6) is 5.75 Å². The molecule has 2 bridgehead atoms. The van der Waals surface area contributed by atoms with E-state index in [9.17, 15) is 30.3 Å². The molecular weight excluding hydrogens is 697 g/mol. The fourth-order valence-electron chi connectivity index (χ4n) is 11.6. The predicted octanol–water partition coefficient (Wildman–Crippen LogP) is 8.34. The molecule has 3 aromatic carbocycles. The Morgan fingerprint density at radius 2 is 1.66 bits per heavy atom. The van der Waals surface area contributed by atoms with E-state index in [1.807, 2.05) is 24.3 Å². The number of aromatic hydroxyl groups is 1. The summed E-state index contributed by atoms with van der Waals surface area (Å²) in [6.07, 6.45) is 24.9. The number of aliphatic carboxylic acids is 1. The molecule has 5 N–H and O–H groups in total. The van der Waals surface area contributed by atoms with Gasteiger partial charge < -0.3 is 25.5 Å². The molecule has 5 aliphatic carbocycles. The minimum Gasteiger partial charge on any atom is -0.511 e. The number of carboxylic acids is 1. The van der Waals surface area contributed by atoms with Crippen molar-refractivity contribution in [2.45, 2.75) is 88.4 Å². The fourth-order valence-corrected chi connectivity index (χ4v) is 11.6. The Balaban J connectivity index is 1.15. The molecule has 0 saturated heterocycles. The third-order valence-corrected chi connectivity index (χ3v) is 14.4. The van der Waals surface area contributed by atoms with Crippen molar-refractivity contribution < 1.29 is 30.3 Å². The number of phenols is 1. The second-order valence-electron chi connectivity index (χ2n) is 17.5. The van der Waals surface area contributed by atoms with Crippen molar-refractivity contribution in [3.63, 3.8) is 0 Å². The van der Waals surface area contributed by atoms with Crippen molar-refractivity contribution in [3.8, 4) is 5.75 Å². The summed E-state index contributed by atoms with van der Waals surface area (Å²) in [5, 5.41) is 56.0. The number of aliphatic hydroxyl groups is 3. The zero-order chi connectivity index (χ0) is 38.8. The Morgan fingerprint density at radius 1 is 0.857 bits per heavy atom. The van der Waals surface area contributed by atoms with Gasteiger partial charge in [0.25, 0.3) is 0 Å². The standard InChI is InChI=1S/C50H58O6/c51-30-34-15-14-32(24-34)8-3-1-2-4-9-35-11-7-12-39(31-52)47(49(55)56)50-29-45-40(27-38-10-5-6-13-43(38)48(45)54)28-41(50)21-18-37-17-16-33(26-46(37)50)25-44(35)36-19-22-42(53)23-20-36/h5-7,10,12-13,16-24,26-27,32,35,39-41,44-45,47,51-54H,1-4,8-9,11,14-15,25,28-31H2,(H,55,56)/t32-,35+,39+,40-,41+,44+,45-,47-,50-/m1/s1. The van der Waals surface area contributed by atoms with E-state index < -0.39 is 23.2 Å². The maximum absolute atomic E-state index is 13.8. The number of benzene rings is 3. The molecule has 294 valence electrons. The van der Waals surface area contributed by atoms with Crippen molar-refractivity contribution >= 4 is 23.9 Å². The highest BCUT2D eigenvalue weighted by atomic mass is 16.4. The summed E-state index contributed by atoms with van der Waals surface area (Å²) in [5.41, 5.74) is 4.74. The van der Waals surface area contributed by atoms with E-state index in [0.29, 0.717) is 24.5 Å². The molecule has 3 aromatic rings. The van der Waals surface area contributed by atoms with Crippen molar-refractivity contribution in [2.75, 3.05) is 13.2 Å². The third kappa shape index (κ3) is 7.43. The van der Waals surface area contributed by atoms with Gasteiger partial charge in [0.15, 0.2) is 0 Å². The Hall–Kier alpha value is -4.39. The van der Waals surface area contributed by atoms with Gasteiger partial charge in [-0.3, -0.25) is 4.79 Å². The van der Waals surface area contributed by atoms with Gasteiger partial charge in [0.1, 0.15) is 11.5 Å². The first-order valence-electron chi connectivity index (χ1n) is 21.2. The van der Waals surface area contributed by atoms with Gasteiger partial charge >= 0.3 is 5.97 Å². The van der Waals surface area contributed by atoms with Crippen LogP contribution in [-0.4, -0.2) is 44.7 Å². The molecule has 9 atom stereocenters. The van der Waals surface area contributed by atoms with E-state index in [1.54, 1.807) is 12.1 Å². The van der Waals surface area contributed by atoms with Crippen molar-refractivity contribution in [2.24, 2.45) is 41.4 Å². The SMILES string of the molecule is O=C(O)[C@H]1[C@H](CO)C=CC[C@H](CCCCCC[C@H]2C=C(CO)CC2)[C@@H](c2ccc(O)cc2)Cc2ccc3c(c2)[C@]12C[C@H]1C(O)=c4ccccc4=C[C@@H]1C[C@@H]2C=C3. The van der Waals surface area contributed by atoms with E-state index in [2.05, 4.69) is 66.8 Å².